The minimum Gasteiger partial charge on any atom is -0.496 e. The summed E-state index contributed by atoms with van der Waals surface area (Å²) >= 11 is 0. The van der Waals surface area contributed by atoms with Crippen molar-refractivity contribution >= 4 is 18.3 Å². The van der Waals surface area contributed by atoms with Crippen molar-refractivity contribution in [3.8, 4) is 17.2 Å². The van der Waals surface area contributed by atoms with E-state index < -0.39 is 5.41 Å². The highest BCUT2D eigenvalue weighted by Gasteiger charge is 2.39. The van der Waals surface area contributed by atoms with Gasteiger partial charge in [0, 0.05) is 19.2 Å². The van der Waals surface area contributed by atoms with Crippen LogP contribution in [0.25, 0.3) is 0 Å². The number of rotatable bonds is 8. The van der Waals surface area contributed by atoms with Crippen LogP contribution < -0.4 is 24.8 Å². The molecule has 0 atom stereocenters. The average Bonchev–Trinajstić information content (AvgIpc) is 2.66. The smallest absolute Gasteiger partial charge is 0.228 e. The van der Waals surface area contributed by atoms with Gasteiger partial charge in [-0.2, -0.15) is 0 Å². The van der Waals surface area contributed by atoms with Gasteiger partial charge >= 0.3 is 0 Å². The molecule has 148 valence electrons. The third-order valence-electron chi connectivity index (χ3n) is 4.71. The zero-order valence-electron chi connectivity index (χ0n) is 15.8. The van der Waals surface area contributed by atoms with Crippen LogP contribution in [-0.2, 0) is 16.1 Å². The molecule has 26 heavy (non-hydrogen) atoms. The van der Waals surface area contributed by atoms with Gasteiger partial charge in [0.05, 0.1) is 45.5 Å². The first-order valence-corrected chi connectivity index (χ1v) is 8.37. The molecule has 2 rings (SSSR count). The zero-order chi connectivity index (χ0) is 18.3. The van der Waals surface area contributed by atoms with Gasteiger partial charge in [0.15, 0.2) is 0 Å². The Kier molecular flexibility index (Phi) is 8.98. The number of carbonyl (C=O) groups excluding carboxylic acids is 1. The monoisotopic (exact) mass is 388 g/mol. The van der Waals surface area contributed by atoms with Gasteiger partial charge in [0.2, 0.25) is 5.91 Å². The lowest BCUT2D eigenvalue weighted by Gasteiger charge is -2.35. The van der Waals surface area contributed by atoms with Crippen LogP contribution in [0.2, 0.25) is 0 Å². The fourth-order valence-electron chi connectivity index (χ4n) is 3.23. The van der Waals surface area contributed by atoms with E-state index in [4.69, 9.17) is 18.9 Å². The molecule has 1 aromatic rings. The summed E-state index contributed by atoms with van der Waals surface area (Å²) in [6, 6.07) is 3.55. The van der Waals surface area contributed by atoms with Gasteiger partial charge < -0.3 is 29.6 Å². The van der Waals surface area contributed by atoms with Crippen LogP contribution in [0.5, 0.6) is 17.2 Å². The highest BCUT2D eigenvalue weighted by atomic mass is 35.5. The van der Waals surface area contributed by atoms with Crippen LogP contribution in [-0.4, -0.2) is 54.0 Å². The van der Waals surface area contributed by atoms with Gasteiger partial charge in [-0.25, -0.2) is 0 Å². The van der Waals surface area contributed by atoms with E-state index >= 15 is 0 Å². The van der Waals surface area contributed by atoms with Crippen molar-refractivity contribution in [2.45, 2.75) is 19.4 Å². The summed E-state index contributed by atoms with van der Waals surface area (Å²) in [5, 5.41) is 6.32. The first kappa shape index (κ1) is 22.3. The molecule has 0 aromatic heterocycles. The second-order valence-corrected chi connectivity index (χ2v) is 6.16. The molecule has 0 bridgehead atoms. The topological polar surface area (TPSA) is 78.1 Å². The number of carbonyl (C=O) groups is 1. The van der Waals surface area contributed by atoms with Crippen molar-refractivity contribution in [2.75, 3.05) is 48.1 Å². The molecule has 0 aliphatic carbocycles. The molecule has 7 nitrogen and oxygen atoms in total. The van der Waals surface area contributed by atoms with Crippen molar-refractivity contribution in [3.63, 3.8) is 0 Å². The number of ether oxygens (including phenoxy) is 4. The second kappa shape index (κ2) is 10.4. The number of methoxy groups -OCH3 is 4. The van der Waals surface area contributed by atoms with Gasteiger partial charge in [0.1, 0.15) is 17.2 Å². The quantitative estimate of drug-likeness (QED) is 0.706. The Morgan fingerprint density at radius 3 is 2.12 bits per heavy atom. The first-order valence-electron chi connectivity index (χ1n) is 8.37. The van der Waals surface area contributed by atoms with Gasteiger partial charge in [-0.15, -0.1) is 12.4 Å². The Morgan fingerprint density at radius 2 is 1.65 bits per heavy atom. The summed E-state index contributed by atoms with van der Waals surface area (Å²) in [6.45, 7) is 2.35. The van der Waals surface area contributed by atoms with E-state index in [1.54, 1.807) is 40.6 Å². The standard InChI is InChI=1S/C18H28N2O5.ClH/c1-22-12-18(5-7-19-8-6-18)17(21)20-11-14-15(24-3)9-13(23-2)10-16(14)25-4;/h9-10,19H,5-8,11-12H2,1-4H3,(H,20,21);1H. The minimum absolute atomic E-state index is 0. The van der Waals surface area contributed by atoms with Gasteiger partial charge in [-0.05, 0) is 25.9 Å². The third kappa shape index (κ3) is 4.93. The molecule has 8 heteroatoms. The molecule has 0 unspecified atom stereocenters. The summed E-state index contributed by atoms with van der Waals surface area (Å²) in [5.74, 6) is 1.86. The van der Waals surface area contributed by atoms with Crippen molar-refractivity contribution in [3.05, 3.63) is 17.7 Å². The molecule has 1 aliphatic heterocycles. The lowest BCUT2D eigenvalue weighted by atomic mass is 9.78. The number of hydrogen-bond donors (Lipinski definition) is 2. The van der Waals surface area contributed by atoms with Crippen LogP contribution in [0.4, 0.5) is 0 Å². The van der Waals surface area contributed by atoms with Crippen LogP contribution in [0, 0.1) is 5.41 Å². The zero-order valence-corrected chi connectivity index (χ0v) is 16.7. The fraction of sp³-hybridized carbons (Fsp3) is 0.611. The maximum Gasteiger partial charge on any atom is 0.228 e. The Hall–Kier alpha value is -1.70. The number of amides is 1. The number of nitrogens with one attached hydrogen (secondary N) is 2. The van der Waals surface area contributed by atoms with Gasteiger partial charge in [0.25, 0.3) is 0 Å². The Morgan fingerprint density at radius 1 is 1.08 bits per heavy atom. The van der Waals surface area contributed by atoms with Crippen LogP contribution in [0.3, 0.4) is 0 Å². The Bertz CT molecular complexity index is 560. The molecule has 1 aliphatic rings. The first-order chi connectivity index (χ1) is 12.1. The summed E-state index contributed by atoms with van der Waals surface area (Å²) < 4.78 is 21.4. The summed E-state index contributed by atoms with van der Waals surface area (Å²) in [6.07, 6.45) is 1.51. The number of halogens is 1. The highest BCUT2D eigenvalue weighted by Crippen LogP contribution is 2.35. The van der Waals surface area contributed by atoms with E-state index in [9.17, 15) is 4.79 Å². The van der Waals surface area contributed by atoms with Crippen LogP contribution in [0.15, 0.2) is 12.1 Å². The van der Waals surface area contributed by atoms with Crippen molar-refractivity contribution in [2.24, 2.45) is 5.41 Å². The van der Waals surface area contributed by atoms with E-state index in [0.29, 0.717) is 30.4 Å². The molecule has 1 heterocycles. The number of benzene rings is 1. The molecule has 1 fully saturated rings. The maximum atomic E-state index is 12.9. The van der Waals surface area contributed by atoms with E-state index in [1.165, 1.54) is 0 Å². The molecule has 1 saturated heterocycles. The van der Waals surface area contributed by atoms with Crippen molar-refractivity contribution in [1.82, 2.24) is 10.6 Å². The highest BCUT2D eigenvalue weighted by molar-refractivity contribution is 5.85. The number of hydrogen-bond acceptors (Lipinski definition) is 6. The lowest BCUT2D eigenvalue weighted by Crippen LogP contribution is -2.50. The van der Waals surface area contributed by atoms with Gasteiger partial charge in [-0.1, -0.05) is 0 Å². The lowest BCUT2D eigenvalue weighted by molar-refractivity contribution is -0.136. The molecule has 2 N–H and O–H groups in total. The Balaban J connectivity index is 0.00000338. The summed E-state index contributed by atoms with van der Waals surface area (Å²) in [7, 11) is 6.38. The minimum atomic E-state index is -0.493. The molecular formula is C18H29ClN2O5. The van der Waals surface area contributed by atoms with Crippen molar-refractivity contribution < 1.29 is 23.7 Å². The predicted molar refractivity (Wildman–Crippen MR) is 102 cm³/mol. The normalized spacial score (nSPS) is 15.5. The third-order valence-corrected chi connectivity index (χ3v) is 4.71. The van der Waals surface area contributed by atoms with E-state index in [1.807, 2.05) is 0 Å². The van der Waals surface area contributed by atoms with Gasteiger partial charge in [-0.3, -0.25) is 4.79 Å². The molecule has 0 spiro atoms. The van der Waals surface area contributed by atoms with E-state index in [2.05, 4.69) is 10.6 Å². The molecular weight excluding hydrogens is 360 g/mol. The fourth-order valence-corrected chi connectivity index (χ4v) is 3.23. The van der Waals surface area contributed by atoms with Crippen LogP contribution in [0.1, 0.15) is 18.4 Å². The number of piperidine rings is 1. The van der Waals surface area contributed by atoms with E-state index in [0.717, 1.165) is 31.5 Å². The second-order valence-electron chi connectivity index (χ2n) is 6.16. The van der Waals surface area contributed by atoms with Crippen molar-refractivity contribution in [1.29, 1.82) is 0 Å². The van der Waals surface area contributed by atoms with E-state index in [-0.39, 0.29) is 18.3 Å². The SMILES string of the molecule is COCC1(C(=O)NCc2c(OC)cc(OC)cc2OC)CCNCC1.Cl. The Labute approximate surface area is 161 Å². The molecule has 1 aromatic carbocycles. The molecule has 0 saturated carbocycles. The average molecular weight is 389 g/mol. The van der Waals surface area contributed by atoms with Crippen LogP contribution >= 0.6 is 12.4 Å². The largest absolute Gasteiger partial charge is 0.496 e. The summed E-state index contributed by atoms with van der Waals surface area (Å²) in [4.78, 5) is 12.9. The predicted octanol–water partition coefficient (Wildman–Crippen LogP) is 1.77. The summed E-state index contributed by atoms with van der Waals surface area (Å²) in [5.41, 5.74) is 0.285. The molecule has 0 radical (unpaired) electrons. The molecule has 1 amide bonds. The maximum absolute atomic E-state index is 12.9.